The summed E-state index contributed by atoms with van der Waals surface area (Å²) in [7, 11) is -1.44. The highest BCUT2D eigenvalue weighted by Gasteiger charge is 2.33. The minimum atomic E-state index is -3.02. The molecule has 0 spiro atoms. The first-order valence-electron chi connectivity index (χ1n) is 6.09. The molecular formula is C12H20N2O4S. The van der Waals surface area contributed by atoms with E-state index in [1.54, 1.807) is 13.1 Å². The second-order valence-electron chi connectivity index (χ2n) is 4.75. The molecule has 1 aliphatic rings. The number of carbonyl (C=O) groups is 2. The molecule has 1 fully saturated rings. The van der Waals surface area contributed by atoms with E-state index in [-0.39, 0.29) is 35.9 Å². The van der Waals surface area contributed by atoms with Crippen LogP contribution in [0.4, 0.5) is 0 Å². The highest BCUT2D eigenvalue weighted by molar-refractivity contribution is 7.91. The van der Waals surface area contributed by atoms with Crippen molar-refractivity contribution >= 4 is 21.7 Å². The third kappa shape index (κ3) is 4.34. The number of hydrogen-bond acceptors (Lipinski definition) is 4. The van der Waals surface area contributed by atoms with Gasteiger partial charge in [0, 0.05) is 26.6 Å². The van der Waals surface area contributed by atoms with Gasteiger partial charge in [0.25, 0.3) is 0 Å². The first kappa shape index (κ1) is 15.7. The van der Waals surface area contributed by atoms with Gasteiger partial charge in [0.05, 0.1) is 11.5 Å². The first-order valence-corrected chi connectivity index (χ1v) is 7.91. The van der Waals surface area contributed by atoms with Gasteiger partial charge in [-0.2, -0.15) is 0 Å². The minimum Gasteiger partial charge on any atom is -0.340 e. The summed E-state index contributed by atoms with van der Waals surface area (Å²) < 4.78 is 22.8. The van der Waals surface area contributed by atoms with E-state index in [1.165, 1.54) is 16.7 Å². The van der Waals surface area contributed by atoms with E-state index >= 15 is 0 Å². The van der Waals surface area contributed by atoms with Crippen molar-refractivity contribution in [3.63, 3.8) is 0 Å². The van der Waals surface area contributed by atoms with Gasteiger partial charge < -0.3 is 9.80 Å². The Morgan fingerprint density at radius 2 is 2.05 bits per heavy atom. The van der Waals surface area contributed by atoms with E-state index in [9.17, 15) is 18.0 Å². The molecular weight excluding hydrogens is 268 g/mol. The third-order valence-electron chi connectivity index (χ3n) is 3.27. The maximum absolute atomic E-state index is 12.0. The molecule has 0 bridgehead atoms. The van der Waals surface area contributed by atoms with E-state index in [0.717, 1.165) is 0 Å². The Balaban J connectivity index is 2.62. The molecule has 0 aromatic rings. The number of likely N-dealkylation sites (N-methyl/N-ethyl adjacent to an activating group) is 1. The van der Waals surface area contributed by atoms with Crippen molar-refractivity contribution in [2.45, 2.75) is 19.4 Å². The fourth-order valence-corrected chi connectivity index (χ4v) is 3.79. The van der Waals surface area contributed by atoms with Crippen LogP contribution in [0.2, 0.25) is 0 Å². The Labute approximate surface area is 114 Å². The van der Waals surface area contributed by atoms with Crippen LogP contribution in [-0.4, -0.2) is 67.7 Å². The third-order valence-corrected chi connectivity index (χ3v) is 5.02. The number of sulfone groups is 1. The van der Waals surface area contributed by atoms with Crippen molar-refractivity contribution in [3.8, 4) is 0 Å². The lowest BCUT2D eigenvalue weighted by Gasteiger charge is -2.27. The average molecular weight is 288 g/mol. The minimum absolute atomic E-state index is 0.0107. The fraction of sp³-hybridized carbons (Fsp3) is 0.667. The van der Waals surface area contributed by atoms with E-state index in [1.807, 2.05) is 0 Å². The Morgan fingerprint density at radius 3 is 2.47 bits per heavy atom. The Bertz CT molecular complexity index is 472. The molecule has 1 heterocycles. The number of carbonyl (C=O) groups excluding carboxylic acids is 2. The second-order valence-corrected chi connectivity index (χ2v) is 6.98. The summed E-state index contributed by atoms with van der Waals surface area (Å²) in [5, 5.41) is 0. The van der Waals surface area contributed by atoms with Gasteiger partial charge >= 0.3 is 0 Å². The van der Waals surface area contributed by atoms with E-state index in [0.29, 0.717) is 13.0 Å². The van der Waals surface area contributed by atoms with Gasteiger partial charge in [-0.05, 0) is 6.42 Å². The van der Waals surface area contributed by atoms with Gasteiger partial charge in [0.2, 0.25) is 11.8 Å². The molecule has 0 radical (unpaired) electrons. The van der Waals surface area contributed by atoms with Crippen LogP contribution in [0.25, 0.3) is 0 Å². The van der Waals surface area contributed by atoms with E-state index < -0.39 is 9.84 Å². The highest BCUT2D eigenvalue weighted by atomic mass is 32.2. The summed E-state index contributed by atoms with van der Waals surface area (Å²) in [5.74, 6) is -0.324. The van der Waals surface area contributed by atoms with Crippen LogP contribution in [0.15, 0.2) is 12.7 Å². The van der Waals surface area contributed by atoms with Gasteiger partial charge in [0.15, 0.2) is 9.84 Å². The zero-order chi connectivity index (χ0) is 14.6. The summed E-state index contributed by atoms with van der Waals surface area (Å²) in [6.45, 7) is 5.18. The number of amides is 2. The van der Waals surface area contributed by atoms with Crippen molar-refractivity contribution in [3.05, 3.63) is 12.7 Å². The molecule has 1 saturated heterocycles. The number of nitrogens with zero attached hydrogens (tertiary/aromatic N) is 2. The second kappa shape index (κ2) is 6.18. The molecule has 0 N–H and O–H groups in total. The van der Waals surface area contributed by atoms with Crippen molar-refractivity contribution in [2.24, 2.45) is 0 Å². The van der Waals surface area contributed by atoms with Crippen molar-refractivity contribution in [1.29, 1.82) is 0 Å². The van der Waals surface area contributed by atoms with E-state index in [2.05, 4.69) is 6.58 Å². The Hall–Kier alpha value is -1.37. The molecule has 19 heavy (non-hydrogen) atoms. The summed E-state index contributed by atoms with van der Waals surface area (Å²) in [5.41, 5.74) is 0. The zero-order valence-electron chi connectivity index (χ0n) is 11.3. The molecule has 0 aliphatic carbocycles. The monoisotopic (exact) mass is 288 g/mol. The standard InChI is InChI=1S/C12H20N2O4S/c1-4-6-14(10(2)15)8-12(16)13(3)11-5-7-19(17,18)9-11/h4,11H,1,5-9H2,2-3H3. The summed E-state index contributed by atoms with van der Waals surface area (Å²) >= 11 is 0. The quantitative estimate of drug-likeness (QED) is 0.649. The summed E-state index contributed by atoms with van der Waals surface area (Å²) in [6.07, 6.45) is 2.01. The molecule has 0 aromatic heterocycles. The lowest BCUT2D eigenvalue weighted by molar-refractivity contribution is -0.139. The molecule has 108 valence electrons. The van der Waals surface area contributed by atoms with Gasteiger partial charge in [-0.15, -0.1) is 6.58 Å². The maximum Gasteiger partial charge on any atom is 0.242 e. The van der Waals surface area contributed by atoms with Crippen LogP contribution in [-0.2, 0) is 19.4 Å². The van der Waals surface area contributed by atoms with Gasteiger partial charge in [-0.3, -0.25) is 9.59 Å². The maximum atomic E-state index is 12.0. The molecule has 1 unspecified atom stereocenters. The van der Waals surface area contributed by atoms with Crippen LogP contribution in [0, 0.1) is 0 Å². The van der Waals surface area contributed by atoms with Crippen LogP contribution in [0.1, 0.15) is 13.3 Å². The molecule has 7 heteroatoms. The molecule has 1 atom stereocenters. The highest BCUT2D eigenvalue weighted by Crippen LogP contribution is 2.16. The summed E-state index contributed by atoms with van der Waals surface area (Å²) in [6, 6.07) is -0.282. The van der Waals surface area contributed by atoms with Crippen molar-refractivity contribution in [2.75, 3.05) is 31.6 Å². The fourth-order valence-electron chi connectivity index (χ4n) is 2.02. The normalized spacial score (nSPS) is 20.8. The smallest absolute Gasteiger partial charge is 0.242 e. The predicted octanol–water partition coefficient (Wildman–Crippen LogP) is -0.334. The lowest BCUT2D eigenvalue weighted by atomic mass is 10.2. The van der Waals surface area contributed by atoms with Crippen molar-refractivity contribution in [1.82, 2.24) is 9.80 Å². The SMILES string of the molecule is C=CCN(CC(=O)N(C)C1CCS(=O)(=O)C1)C(C)=O. The largest absolute Gasteiger partial charge is 0.340 e. The van der Waals surface area contributed by atoms with E-state index in [4.69, 9.17) is 0 Å². The molecule has 0 aromatic carbocycles. The van der Waals surface area contributed by atoms with Gasteiger partial charge in [-0.1, -0.05) is 6.08 Å². The molecule has 0 saturated carbocycles. The van der Waals surface area contributed by atoms with Crippen LogP contribution in [0.3, 0.4) is 0 Å². The molecule has 2 amide bonds. The molecule has 6 nitrogen and oxygen atoms in total. The van der Waals surface area contributed by atoms with Crippen molar-refractivity contribution < 1.29 is 18.0 Å². The van der Waals surface area contributed by atoms with Crippen LogP contribution >= 0.6 is 0 Å². The molecule has 1 rings (SSSR count). The Morgan fingerprint density at radius 1 is 1.42 bits per heavy atom. The van der Waals surface area contributed by atoms with Gasteiger partial charge in [-0.25, -0.2) is 8.42 Å². The van der Waals surface area contributed by atoms with Crippen LogP contribution < -0.4 is 0 Å². The first-order chi connectivity index (χ1) is 8.76. The topological polar surface area (TPSA) is 74.8 Å². The zero-order valence-corrected chi connectivity index (χ0v) is 12.1. The Kier molecular flexibility index (Phi) is 5.11. The molecule has 1 aliphatic heterocycles. The van der Waals surface area contributed by atoms with Gasteiger partial charge in [0.1, 0.15) is 6.54 Å². The predicted molar refractivity (Wildman–Crippen MR) is 72.3 cm³/mol. The summed E-state index contributed by atoms with van der Waals surface area (Å²) in [4.78, 5) is 26.2. The number of rotatable bonds is 5. The average Bonchev–Trinajstić information content (AvgIpc) is 2.67. The van der Waals surface area contributed by atoms with Crippen LogP contribution in [0.5, 0.6) is 0 Å². The lowest BCUT2D eigenvalue weighted by Crippen LogP contribution is -2.45. The number of hydrogen-bond donors (Lipinski definition) is 0.